The van der Waals surface area contributed by atoms with Gasteiger partial charge in [0.15, 0.2) is 6.29 Å². The lowest BCUT2D eigenvalue weighted by Crippen LogP contribution is -2.64. The number of hydrogen-bond acceptors (Lipinski definition) is 9. The molecule has 124 valence electrons. The molecule has 1 saturated heterocycles. The average molecular weight is 308 g/mol. The topological polar surface area (TPSA) is 172 Å². The summed E-state index contributed by atoms with van der Waals surface area (Å²) in [6, 6.07) is -1.01. The van der Waals surface area contributed by atoms with Crippen LogP contribution in [0.1, 0.15) is 12.8 Å². The highest BCUT2D eigenvalue weighted by atomic mass is 16.7. The lowest BCUT2D eigenvalue weighted by molar-refractivity contribution is -0.320. The number of nitrogens with two attached hydrogens (primary N) is 2. The fourth-order valence-corrected chi connectivity index (χ4v) is 2.74. The number of aliphatic hydroxyl groups excluding tert-OH is 5. The molecule has 9 heteroatoms. The fourth-order valence-electron chi connectivity index (χ4n) is 2.74. The highest BCUT2D eigenvalue weighted by Crippen LogP contribution is 2.27. The van der Waals surface area contributed by atoms with E-state index in [1.807, 2.05) is 0 Å². The molecule has 21 heavy (non-hydrogen) atoms. The summed E-state index contributed by atoms with van der Waals surface area (Å²) in [7, 11) is 0. The van der Waals surface area contributed by atoms with Crippen molar-refractivity contribution in [3.63, 3.8) is 0 Å². The van der Waals surface area contributed by atoms with Gasteiger partial charge in [-0.2, -0.15) is 0 Å². The molecular formula is C12H24N2O7. The van der Waals surface area contributed by atoms with Crippen LogP contribution in [0.3, 0.4) is 0 Å². The minimum Gasteiger partial charge on any atom is -0.394 e. The third-order valence-electron chi connectivity index (χ3n) is 4.19. The van der Waals surface area contributed by atoms with Gasteiger partial charge in [0.2, 0.25) is 0 Å². The van der Waals surface area contributed by atoms with E-state index in [4.69, 9.17) is 26.0 Å². The first-order valence-electron chi connectivity index (χ1n) is 7.02. The van der Waals surface area contributed by atoms with Gasteiger partial charge in [0.05, 0.1) is 12.7 Å². The van der Waals surface area contributed by atoms with Crippen molar-refractivity contribution >= 4 is 0 Å². The molecule has 9 N–H and O–H groups in total. The van der Waals surface area contributed by atoms with Crippen LogP contribution >= 0.6 is 0 Å². The van der Waals surface area contributed by atoms with E-state index in [2.05, 4.69) is 0 Å². The summed E-state index contributed by atoms with van der Waals surface area (Å²) in [5.74, 6) is 0. The molecule has 0 radical (unpaired) electrons. The second-order valence-electron chi connectivity index (χ2n) is 5.68. The maximum atomic E-state index is 9.96. The Hall–Kier alpha value is -0.360. The normalized spacial score (nSPS) is 51.9. The SMILES string of the molecule is N[C@H]1[C@H](O[C@@H]2O[C@H](CO)[C@H](O)[C@H](O)[C@H]2O)[C@@H](O)CC[C@@H]1N. The Balaban J connectivity index is 2.06. The van der Waals surface area contributed by atoms with E-state index in [1.165, 1.54) is 0 Å². The summed E-state index contributed by atoms with van der Waals surface area (Å²) in [5.41, 5.74) is 11.7. The Bertz CT molecular complexity index is 346. The van der Waals surface area contributed by atoms with E-state index in [0.717, 1.165) is 0 Å². The zero-order valence-corrected chi connectivity index (χ0v) is 11.5. The van der Waals surface area contributed by atoms with E-state index >= 15 is 0 Å². The van der Waals surface area contributed by atoms with Crippen LogP contribution < -0.4 is 11.5 Å². The van der Waals surface area contributed by atoms with Crippen LogP contribution in [0.2, 0.25) is 0 Å². The van der Waals surface area contributed by atoms with E-state index in [-0.39, 0.29) is 6.04 Å². The van der Waals surface area contributed by atoms with Gasteiger partial charge in [-0.1, -0.05) is 0 Å². The van der Waals surface area contributed by atoms with Crippen molar-refractivity contribution in [1.29, 1.82) is 0 Å². The maximum absolute atomic E-state index is 9.96. The van der Waals surface area contributed by atoms with Gasteiger partial charge >= 0.3 is 0 Å². The molecule has 0 aromatic rings. The summed E-state index contributed by atoms with van der Waals surface area (Å²) in [6.07, 6.45) is -7.70. The molecule has 0 bridgehead atoms. The Kier molecular flexibility index (Phi) is 5.52. The van der Waals surface area contributed by atoms with Crippen LogP contribution in [-0.2, 0) is 9.47 Å². The van der Waals surface area contributed by atoms with Crippen LogP contribution in [0.15, 0.2) is 0 Å². The van der Waals surface area contributed by atoms with Crippen LogP contribution in [0.5, 0.6) is 0 Å². The van der Waals surface area contributed by atoms with Gasteiger partial charge in [-0.3, -0.25) is 0 Å². The number of rotatable bonds is 3. The van der Waals surface area contributed by atoms with Crippen LogP contribution in [0.25, 0.3) is 0 Å². The third kappa shape index (κ3) is 3.36. The van der Waals surface area contributed by atoms with Gasteiger partial charge in [-0.05, 0) is 12.8 Å². The Morgan fingerprint density at radius 1 is 1.00 bits per heavy atom. The van der Waals surface area contributed by atoms with Crippen molar-refractivity contribution in [2.75, 3.05) is 6.61 Å². The fraction of sp³-hybridized carbons (Fsp3) is 1.00. The average Bonchev–Trinajstić information content (AvgIpc) is 2.47. The quantitative estimate of drug-likeness (QED) is 0.274. The summed E-state index contributed by atoms with van der Waals surface area (Å²) in [6.45, 7) is -0.552. The molecule has 0 aromatic carbocycles. The Morgan fingerprint density at radius 2 is 1.67 bits per heavy atom. The molecule has 1 saturated carbocycles. The standard InChI is InChI=1S/C12H24N2O7/c13-4-1-2-5(16)11(7(4)14)21-12-10(19)9(18)8(17)6(3-15)20-12/h4-12,15-19H,1-3,13-14H2/t4-,5-,6+,7+,8-,9-,10+,11+,12-/m0/s1. The highest BCUT2D eigenvalue weighted by Gasteiger charge is 2.47. The minimum absolute atomic E-state index is 0.358. The van der Waals surface area contributed by atoms with Crippen molar-refractivity contribution in [2.45, 2.75) is 67.8 Å². The van der Waals surface area contributed by atoms with Gasteiger partial charge in [0.1, 0.15) is 30.5 Å². The van der Waals surface area contributed by atoms with Gasteiger partial charge in [-0.25, -0.2) is 0 Å². The second kappa shape index (κ2) is 6.82. The molecule has 0 spiro atoms. The summed E-state index contributed by atoms with van der Waals surface area (Å²) >= 11 is 0. The summed E-state index contributed by atoms with van der Waals surface area (Å²) in [4.78, 5) is 0. The highest BCUT2D eigenvalue weighted by molar-refractivity contribution is 4.96. The predicted molar refractivity (Wildman–Crippen MR) is 69.8 cm³/mol. The lowest BCUT2D eigenvalue weighted by atomic mass is 9.86. The summed E-state index contributed by atoms with van der Waals surface area (Å²) < 4.78 is 10.7. The number of hydrogen-bond donors (Lipinski definition) is 7. The van der Waals surface area contributed by atoms with Crippen LogP contribution in [0, 0.1) is 0 Å². The van der Waals surface area contributed by atoms with Crippen LogP contribution in [-0.4, -0.2) is 87.1 Å². The second-order valence-corrected chi connectivity index (χ2v) is 5.68. The zero-order valence-electron chi connectivity index (χ0n) is 11.5. The van der Waals surface area contributed by atoms with Crippen LogP contribution in [0.4, 0.5) is 0 Å². The molecular weight excluding hydrogens is 284 g/mol. The van der Waals surface area contributed by atoms with E-state index < -0.39 is 55.6 Å². The lowest BCUT2D eigenvalue weighted by Gasteiger charge is -2.44. The minimum atomic E-state index is -1.54. The van der Waals surface area contributed by atoms with Crippen molar-refractivity contribution in [3.8, 4) is 0 Å². The van der Waals surface area contributed by atoms with E-state index in [0.29, 0.717) is 12.8 Å². The molecule has 2 fully saturated rings. The Labute approximate surface area is 122 Å². The van der Waals surface area contributed by atoms with E-state index in [1.54, 1.807) is 0 Å². The number of ether oxygens (including phenoxy) is 2. The molecule has 1 aliphatic carbocycles. The largest absolute Gasteiger partial charge is 0.394 e. The van der Waals surface area contributed by atoms with Crippen molar-refractivity contribution in [2.24, 2.45) is 11.5 Å². The molecule has 1 aliphatic heterocycles. The predicted octanol–water partition coefficient (Wildman–Crippen LogP) is -4.02. The van der Waals surface area contributed by atoms with Crippen molar-refractivity contribution < 1.29 is 35.0 Å². The summed E-state index contributed by atoms with van der Waals surface area (Å²) in [5, 5.41) is 48.3. The first-order valence-corrected chi connectivity index (χ1v) is 7.02. The molecule has 9 nitrogen and oxygen atoms in total. The van der Waals surface area contributed by atoms with Crippen molar-refractivity contribution in [1.82, 2.24) is 0 Å². The molecule has 0 amide bonds. The molecule has 2 aliphatic rings. The zero-order chi connectivity index (χ0) is 15.7. The van der Waals surface area contributed by atoms with Gasteiger partial charge in [-0.15, -0.1) is 0 Å². The van der Waals surface area contributed by atoms with Crippen molar-refractivity contribution in [3.05, 3.63) is 0 Å². The van der Waals surface area contributed by atoms with Gasteiger partial charge < -0.3 is 46.5 Å². The molecule has 1 heterocycles. The Morgan fingerprint density at radius 3 is 2.29 bits per heavy atom. The molecule has 0 aromatic heterocycles. The van der Waals surface area contributed by atoms with Gasteiger partial charge in [0, 0.05) is 12.1 Å². The number of aliphatic hydroxyl groups is 5. The molecule has 9 atom stereocenters. The molecule has 0 unspecified atom stereocenters. The van der Waals surface area contributed by atoms with Gasteiger partial charge in [0.25, 0.3) is 0 Å². The monoisotopic (exact) mass is 308 g/mol. The first-order chi connectivity index (χ1) is 9.86. The molecule has 2 rings (SSSR count). The smallest absolute Gasteiger partial charge is 0.187 e. The third-order valence-corrected chi connectivity index (χ3v) is 4.19. The van der Waals surface area contributed by atoms with E-state index in [9.17, 15) is 20.4 Å². The maximum Gasteiger partial charge on any atom is 0.187 e. The first kappa shape index (κ1) is 17.0.